The lowest BCUT2D eigenvalue weighted by atomic mass is 10.1. The van der Waals surface area contributed by atoms with Crippen molar-refractivity contribution < 1.29 is 9.32 Å². The summed E-state index contributed by atoms with van der Waals surface area (Å²) in [6.07, 6.45) is 0. The maximum Gasteiger partial charge on any atom is 0.321 e. The molecule has 1 fully saturated rings. The minimum atomic E-state index is -0.281. The zero-order valence-corrected chi connectivity index (χ0v) is 14.7. The Morgan fingerprint density at radius 1 is 1.24 bits per heavy atom. The molecule has 7 heteroatoms. The van der Waals surface area contributed by atoms with Crippen molar-refractivity contribution in [3.8, 4) is 0 Å². The number of nitrogens with zero attached hydrogens (tertiary/aromatic N) is 3. The molecule has 2 N–H and O–H groups in total. The van der Waals surface area contributed by atoms with Gasteiger partial charge in [0.05, 0.1) is 6.04 Å². The zero-order valence-electron chi connectivity index (χ0n) is 14.7. The number of anilines is 1. The summed E-state index contributed by atoms with van der Waals surface area (Å²) in [5.41, 5.74) is 1.09. The van der Waals surface area contributed by atoms with Gasteiger partial charge in [-0.1, -0.05) is 35.5 Å². The van der Waals surface area contributed by atoms with Crippen molar-refractivity contribution in [3.05, 3.63) is 47.7 Å². The van der Waals surface area contributed by atoms with Crippen molar-refractivity contribution in [2.24, 2.45) is 0 Å². The third-order valence-electron chi connectivity index (χ3n) is 4.41. The van der Waals surface area contributed by atoms with Gasteiger partial charge in [0, 0.05) is 38.8 Å². The van der Waals surface area contributed by atoms with Crippen LogP contribution in [0.1, 0.15) is 17.4 Å². The normalized spacial score (nSPS) is 17.2. The fourth-order valence-corrected chi connectivity index (χ4v) is 2.94. The van der Waals surface area contributed by atoms with Crippen molar-refractivity contribution in [2.45, 2.75) is 13.0 Å². The van der Waals surface area contributed by atoms with E-state index in [2.05, 4.69) is 32.6 Å². The molecule has 0 radical (unpaired) electrons. The van der Waals surface area contributed by atoms with Gasteiger partial charge in [-0.15, -0.1) is 0 Å². The molecule has 1 aromatic heterocycles. The van der Waals surface area contributed by atoms with E-state index in [1.807, 2.05) is 30.3 Å². The number of carbonyl (C=O) groups is 1. The van der Waals surface area contributed by atoms with E-state index in [9.17, 15) is 4.79 Å². The number of amides is 2. The third kappa shape index (κ3) is 5.04. The van der Waals surface area contributed by atoms with Crippen LogP contribution < -0.4 is 10.6 Å². The van der Waals surface area contributed by atoms with E-state index in [0.717, 1.165) is 38.3 Å². The van der Waals surface area contributed by atoms with Crippen molar-refractivity contribution >= 4 is 11.8 Å². The van der Waals surface area contributed by atoms with Crippen molar-refractivity contribution in [1.29, 1.82) is 0 Å². The molecule has 1 aromatic carbocycles. The fraction of sp³-hybridized carbons (Fsp3) is 0.444. The van der Waals surface area contributed by atoms with Gasteiger partial charge in [0.2, 0.25) is 0 Å². The van der Waals surface area contributed by atoms with Gasteiger partial charge in [-0.3, -0.25) is 10.2 Å². The highest BCUT2D eigenvalue weighted by atomic mass is 16.5. The Bertz CT molecular complexity index is 680. The first-order chi connectivity index (χ1) is 12.1. The second kappa shape index (κ2) is 8.13. The first-order valence-corrected chi connectivity index (χ1v) is 8.57. The summed E-state index contributed by atoms with van der Waals surface area (Å²) in [5.74, 6) is 1.08. The van der Waals surface area contributed by atoms with E-state index in [1.54, 1.807) is 13.0 Å². The molecular formula is C18H25N5O2. The molecule has 1 aliphatic rings. The van der Waals surface area contributed by atoms with Crippen molar-refractivity contribution in [3.63, 3.8) is 0 Å². The Kier molecular flexibility index (Phi) is 5.67. The number of aromatic nitrogens is 1. The van der Waals surface area contributed by atoms with Crippen LogP contribution in [0.25, 0.3) is 0 Å². The summed E-state index contributed by atoms with van der Waals surface area (Å²) >= 11 is 0. The Morgan fingerprint density at radius 2 is 1.96 bits per heavy atom. The first kappa shape index (κ1) is 17.4. The van der Waals surface area contributed by atoms with Crippen LogP contribution in [-0.4, -0.2) is 60.8 Å². The van der Waals surface area contributed by atoms with Crippen molar-refractivity contribution in [2.75, 3.05) is 45.1 Å². The van der Waals surface area contributed by atoms with Crippen LogP contribution in [0.3, 0.4) is 0 Å². The molecule has 0 saturated carbocycles. The molecule has 2 amide bonds. The Labute approximate surface area is 148 Å². The summed E-state index contributed by atoms with van der Waals surface area (Å²) in [7, 11) is 2.14. The highest BCUT2D eigenvalue weighted by Crippen LogP contribution is 2.16. The number of hydrogen-bond donors (Lipinski definition) is 2. The number of aryl methyl sites for hydroxylation is 1. The molecule has 7 nitrogen and oxygen atoms in total. The topological polar surface area (TPSA) is 73.6 Å². The zero-order chi connectivity index (χ0) is 17.6. The van der Waals surface area contributed by atoms with Crippen LogP contribution in [0.5, 0.6) is 0 Å². The quantitative estimate of drug-likeness (QED) is 0.870. The average Bonchev–Trinajstić information content (AvgIpc) is 3.01. The van der Waals surface area contributed by atoms with E-state index in [1.165, 1.54) is 0 Å². The number of benzene rings is 1. The van der Waals surface area contributed by atoms with Crippen LogP contribution >= 0.6 is 0 Å². The number of nitrogens with one attached hydrogen (secondary N) is 2. The highest BCUT2D eigenvalue weighted by Gasteiger charge is 2.21. The molecule has 25 heavy (non-hydrogen) atoms. The molecule has 1 saturated heterocycles. The molecule has 2 aromatic rings. The number of urea groups is 1. The van der Waals surface area contributed by atoms with E-state index >= 15 is 0 Å². The van der Waals surface area contributed by atoms with E-state index < -0.39 is 0 Å². The Hall–Kier alpha value is -2.38. The largest absolute Gasteiger partial charge is 0.360 e. The molecule has 0 bridgehead atoms. The minimum absolute atomic E-state index is 0.0856. The lowest BCUT2D eigenvalue weighted by Crippen LogP contribution is -2.48. The summed E-state index contributed by atoms with van der Waals surface area (Å²) in [4.78, 5) is 17.1. The van der Waals surface area contributed by atoms with Gasteiger partial charge in [-0.2, -0.15) is 0 Å². The summed E-state index contributed by atoms with van der Waals surface area (Å²) < 4.78 is 4.98. The average molecular weight is 343 g/mol. The van der Waals surface area contributed by atoms with E-state index in [4.69, 9.17) is 4.52 Å². The van der Waals surface area contributed by atoms with Crippen LogP contribution in [-0.2, 0) is 0 Å². The lowest BCUT2D eigenvalue weighted by Gasteiger charge is -2.35. The third-order valence-corrected chi connectivity index (χ3v) is 4.41. The molecule has 2 heterocycles. The first-order valence-electron chi connectivity index (χ1n) is 8.57. The summed E-state index contributed by atoms with van der Waals surface area (Å²) in [6.45, 7) is 6.68. The van der Waals surface area contributed by atoms with Crippen molar-refractivity contribution in [1.82, 2.24) is 20.3 Å². The van der Waals surface area contributed by atoms with Gasteiger partial charge < -0.3 is 14.7 Å². The van der Waals surface area contributed by atoms with Crippen LogP contribution in [0.2, 0.25) is 0 Å². The number of carbonyl (C=O) groups excluding carboxylic acids is 1. The maximum absolute atomic E-state index is 12.4. The lowest BCUT2D eigenvalue weighted by molar-refractivity contribution is 0.143. The summed E-state index contributed by atoms with van der Waals surface area (Å²) in [6, 6.07) is 11.4. The van der Waals surface area contributed by atoms with E-state index in [-0.39, 0.29) is 12.1 Å². The van der Waals surface area contributed by atoms with Gasteiger partial charge in [0.15, 0.2) is 5.82 Å². The standard InChI is InChI=1S/C18H25N5O2/c1-14-12-17(21-25-14)20-18(24)19-16(15-6-4-3-5-7-15)13-23-10-8-22(2)9-11-23/h3-7,12,16H,8-11,13H2,1-2H3,(H2,19,20,21,24). The molecular weight excluding hydrogens is 318 g/mol. The van der Waals surface area contributed by atoms with Crippen LogP contribution in [0.4, 0.5) is 10.6 Å². The Morgan fingerprint density at radius 3 is 2.60 bits per heavy atom. The predicted molar refractivity (Wildman–Crippen MR) is 96.5 cm³/mol. The van der Waals surface area contributed by atoms with Crippen LogP contribution in [0.15, 0.2) is 40.9 Å². The molecule has 0 spiro atoms. The van der Waals surface area contributed by atoms with Gasteiger partial charge in [0.25, 0.3) is 0 Å². The second-order valence-corrected chi connectivity index (χ2v) is 6.49. The Balaban J connectivity index is 1.64. The van der Waals surface area contributed by atoms with Gasteiger partial charge in [-0.25, -0.2) is 4.79 Å². The van der Waals surface area contributed by atoms with Gasteiger partial charge >= 0.3 is 6.03 Å². The number of piperazine rings is 1. The SMILES string of the molecule is Cc1cc(NC(=O)NC(CN2CCN(C)CC2)c2ccccc2)no1. The number of likely N-dealkylation sites (N-methyl/N-ethyl adjacent to an activating group) is 1. The molecule has 0 aliphatic carbocycles. The molecule has 1 aliphatic heterocycles. The highest BCUT2D eigenvalue weighted by molar-refractivity contribution is 5.88. The minimum Gasteiger partial charge on any atom is -0.360 e. The number of rotatable bonds is 5. The maximum atomic E-state index is 12.4. The monoisotopic (exact) mass is 343 g/mol. The molecule has 3 rings (SSSR count). The summed E-state index contributed by atoms with van der Waals surface area (Å²) in [5, 5.41) is 9.59. The molecule has 1 atom stereocenters. The van der Waals surface area contributed by atoms with E-state index in [0.29, 0.717) is 11.6 Å². The number of hydrogen-bond acceptors (Lipinski definition) is 5. The second-order valence-electron chi connectivity index (χ2n) is 6.49. The van der Waals surface area contributed by atoms with Gasteiger partial charge in [0.1, 0.15) is 5.76 Å². The molecule has 1 unspecified atom stereocenters. The van der Waals surface area contributed by atoms with Gasteiger partial charge in [-0.05, 0) is 19.5 Å². The molecule has 134 valence electrons. The van der Waals surface area contributed by atoms with Crippen LogP contribution in [0, 0.1) is 6.92 Å². The smallest absolute Gasteiger partial charge is 0.321 e. The predicted octanol–water partition coefficient (Wildman–Crippen LogP) is 2.09. The fourth-order valence-electron chi connectivity index (χ4n) is 2.94.